The Morgan fingerprint density at radius 2 is 1.89 bits per heavy atom. The van der Waals surface area contributed by atoms with Gasteiger partial charge in [-0.1, -0.05) is 13.8 Å². The number of thiazole rings is 1. The highest BCUT2D eigenvalue weighted by Crippen LogP contribution is 2.25. The molecule has 1 aliphatic rings. The molecule has 0 bridgehead atoms. The molecule has 0 aromatic carbocycles. The van der Waals surface area contributed by atoms with Gasteiger partial charge >= 0.3 is 0 Å². The molecule has 0 spiro atoms. The summed E-state index contributed by atoms with van der Waals surface area (Å²) in [5, 5.41) is 7.20. The Morgan fingerprint density at radius 3 is 2.41 bits per heavy atom. The van der Waals surface area contributed by atoms with Gasteiger partial charge in [0.1, 0.15) is 0 Å². The molecule has 2 N–H and O–H groups in total. The average Bonchev–Trinajstić information content (AvgIpc) is 2.93. The summed E-state index contributed by atoms with van der Waals surface area (Å²) in [5.41, 5.74) is 0.808. The van der Waals surface area contributed by atoms with Gasteiger partial charge in [-0.3, -0.25) is 14.5 Å². The molecule has 1 saturated heterocycles. The molecule has 2 rings (SSSR count). The fourth-order valence-electron chi connectivity index (χ4n) is 3.19. The van der Waals surface area contributed by atoms with Crippen LogP contribution < -0.4 is 10.6 Å². The molecule has 0 unspecified atom stereocenters. The average molecular weight is 395 g/mol. The molecule has 1 aromatic heterocycles. The Bertz CT molecular complexity index is 655. The molecule has 7 heteroatoms. The highest BCUT2D eigenvalue weighted by atomic mass is 32.1. The second kappa shape index (κ2) is 9.15. The van der Waals surface area contributed by atoms with Crippen molar-refractivity contribution in [2.75, 3.05) is 19.6 Å². The Labute approximate surface area is 167 Å². The van der Waals surface area contributed by atoms with Crippen molar-refractivity contribution in [2.45, 2.75) is 72.4 Å². The van der Waals surface area contributed by atoms with Crippen molar-refractivity contribution in [1.82, 2.24) is 20.5 Å². The standard InChI is InChI=1S/C20H34N4O2S/c1-13(2)19-22-14(3)16(27-19)11-21-18(26)15-7-9-24(10-8-15)12-17(25)23-20(4,5)6/h13,15H,7-12H2,1-6H3,(H,21,26)(H,23,25). The third kappa shape index (κ3) is 6.88. The fraction of sp³-hybridized carbons (Fsp3) is 0.750. The number of hydrogen-bond donors (Lipinski definition) is 2. The van der Waals surface area contributed by atoms with E-state index in [9.17, 15) is 9.59 Å². The third-order valence-corrected chi connectivity index (χ3v) is 6.12. The van der Waals surface area contributed by atoms with Gasteiger partial charge in [0.15, 0.2) is 0 Å². The second-order valence-corrected chi connectivity index (χ2v) is 9.90. The number of piperidine rings is 1. The summed E-state index contributed by atoms with van der Waals surface area (Å²) in [6, 6.07) is 0. The van der Waals surface area contributed by atoms with Crippen LogP contribution in [0.3, 0.4) is 0 Å². The van der Waals surface area contributed by atoms with Gasteiger partial charge in [-0.25, -0.2) is 4.98 Å². The summed E-state index contributed by atoms with van der Waals surface area (Å²) < 4.78 is 0. The minimum atomic E-state index is -0.209. The number of nitrogens with one attached hydrogen (secondary N) is 2. The van der Waals surface area contributed by atoms with Crippen molar-refractivity contribution in [3.05, 3.63) is 15.6 Å². The maximum Gasteiger partial charge on any atom is 0.234 e. The molecule has 152 valence electrons. The first-order valence-electron chi connectivity index (χ1n) is 9.82. The van der Waals surface area contributed by atoms with E-state index in [4.69, 9.17) is 0 Å². The van der Waals surface area contributed by atoms with Crippen molar-refractivity contribution in [3.8, 4) is 0 Å². The molecule has 0 aliphatic carbocycles. The van der Waals surface area contributed by atoms with Crippen LogP contribution in [0.4, 0.5) is 0 Å². The Kier molecular flexibility index (Phi) is 7.40. The van der Waals surface area contributed by atoms with Crippen LogP contribution in [0.2, 0.25) is 0 Å². The lowest BCUT2D eigenvalue weighted by atomic mass is 9.96. The number of aryl methyl sites for hydroxylation is 1. The predicted octanol–water partition coefficient (Wildman–Crippen LogP) is 2.82. The topological polar surface area (TPSA) is 74.3 Å². The summed E-state index contributed by atoms with van der Waals surface area (Å²) in [5.74, 6) is 0.613. The molecular formula is C20H34N4O2S. The monoisotopic (exact) mass is 394 g/mol. The number of nitrogens with zero attached hydrogens (tertiary/aromatic N) is 2. The van der Waals surface area contributed by atoms with Gasteiger partial charge in [-0.2, -0.15) is 0 Å². The minimum Gasteiger partial charge on any atom is -0.351 e. The zero-order valence-electron chi connectivity index (χ0n) is 17.5. The van der Waals surface area contributed by atoms with Crippen LogP contribution >= 0.6 is 11.3 Å². The molecule has 2 amide bonds. The van der Waals surface area contributed by atoms with E-state index in [1.54, 1.807) is 11.3 Å². The van der Waals surface area contributed by atoms with Gasteiger partial charge < -0.3 is 10.6 Å². The molecule has 2 heterocycles. The summed E-state index contributed by atoms with van der Waals surface area (Å²) in [7, 11) is 0. The third-order valence-electron chi connectivity index (χ3n) is 4.67. The minimum absolute atomic E-state index is 0.0322. The smallest absolute Gasteiger partial charge is 0.234 e. The van der Waals surface area contributed by atoms with Crippen LogP contribution in [0, 0.1) is 12.8 Å². The first-order valence-corrected chi connectivity index (χ1v) is 10.6. The molecule has 1 aromatic rings. The van der Waals surface area contributed by atoms with Gasteiger partial charge in [0.2, 0.25) is 11.8 Å². The van der Waals surface area contributed by atoms with Gasteiger partial charge in [-0.05, 0) is 53.6 Å². The summed E-state index contributed by atoms with van der Waals surface area (Å²) in [6.07, 6.45) is 1.60. The van der Waals surface area contributed by atoms with Crippen molar-refractivity contribution in [2.24, 2.45) is 5.92 Å². The zero-order chi connectivity index (χ0) is 20.2. The number of carbonyl (C=O) groups is 2. The molecule has 0 saturated carbocycles. The van der Waals surface area contributed by atoms with Crippen LogP contribution in [0.5, 0.6) is 0 Å². The van der Waals surface area contributed by atoms with E-state index in [1.807, 2.05) is 27.7 Å². The number of hydrogen-bond acceptors (Lipinski definition) is 5. The largest absolute Gasteiger partial charge is 0.351 e. The fourth-order valence-corrected chi connectivity index (χ4v) is 4.20. The van der Waals surface area contributed by atoms with Crippen molar-refractivity contribution >= 4 is 23.2 Å². The van der Waals surface area contributed by atoms with Crippen LogP contribution in [0.25, 0.3) is 0 Å². The van der Waals surface area contributed by atoms with E-state index in [1.165, 1.54) is 0 Å². The lowest BCUT2D eigenvalue weighted by Gasteiger charge is -2.31. The lowest BCUT2D eigenvalue weighted by Crippen LogP contribution is -2.48. The number of carbonyl (C=O) groups excluding carboxylic acids is 2. The van der Waals surface area contributed by atoms with E-state index in [0.717, 1.165) is 41.5 Å². The van der Waals surface area contributed by atoms with Crippen LogP contribution in [-0.4, -0.2) is 46.9 Å². The number of aromatic nitrogens is 1. The highest BCUT2D eigenvalue weighted by molar-refractivity contribution is 7.11. The Hall–Kier alpha value is -1.47. The van der Waals surface area contributed by atoms with Crippen LogP contribution in [0.15, 0.2) is 0 Å². The maximum atomic E-state index is 12.5. The second-order valence-electron chi connectivity index (χ2n) is 8.78. The Balaban J connectivity index is 1.76. The normalized spacial score (nSPS) is 16.6. The number of likely N-dealkylation sites (tertiary alicyclic amines) is 1. The van der Waals surface area contributed by atoms with E-state index in [-0.39, 0.29) is 23.3 Å². The summed E-state index contributed by atoms with van der Waals surface area (Å²) in [6.45, 7) is 14.8. The van der Waals surface area contributed by atoms with Gasteiger partial charge in [-0.15, -0.1) is 11.3 Å². The summed E-state index contributed by atoms with van der Waals surface area (Å²) >= 11 is 1.69. The van der Waals surface area contributed by atoms with Gasteiger partial charge in [0.05, 0.1) is 23.8 Å². The SMILES string of the molecule is Cc1nc(C(C)C)sc1CNC(=O)C1CCN(CC(=O)NC(C)(C)C)CC1. The van der Waals surface area contributed by atoms with E-state index in [0.29, 0.717) is 19.0 Å². The number of rotatable bonds is 6. The van der Waals surface area contributed by atoms with E-state index >= 15 is 0 Å². The molecular weight excluding hydrogens is 360 g/mol. The maximum absolute atomic E-state index is 12.5. The van der Waals surface area contributed by atoms with Gasteiger partial charge in [0, 0.05) is 22.3 Å². The van der Waals surface area contributed by atoms with Crippen molar-refractivity contribution in [1.29, 1.82) is 0 Å². The molecule has 1 aliphatic heterocycles. The quantitative estimate of drug-likeness (QED) is 0.778. The number of amides is 2. The van der Waals surface area contributed by atoms with E-state index < -0.39 is 0 Å². The molecule has 27 heavy (non-hydrogen) atoms. The predicted molar refractivity (Wildman–Crippen MR) is 110 cm³/mol. The van der Waals surface area contributed by atoms with Crippen LogP contribution in [0.1, 0.15) is 69.0 Å². The first kappa shape index (κ1) is 21.8. The molecule has 0 radical (unpaired) electrons. The molecule has 6 nitrogen and oxygen atoms in total. The van der Waals surface area contributed by atoms with Crippen LogP contribution in [-0.2, 0) is 16.1 Å². The van der Waals surface area contributed by atoms with E-state index in [2.05, 4.69) is 34.4 Å². The van der Waals surface area contributed by atoms with Gasteiger partial charge in [0.25, 0.3) is 0 Å². The summed E-state index contributed by atoms with van der Waals surface area (Å²) in [4.78, 5) is 32.4. The highest BCUT2D eigenvalue weighted by Gasteiger charge is 2.26. The first-order chi connectivity index (χ1) is 12.5. The molecule has 0 atom stereocenters. The zero-order valence-corrected chi connectivity index (χ0v) is 18.3. The lowest BCUT2D eigenvalue weighted by molar-refractivity contribution is -0.127. The van der Waals surface area contributed by atoms with Crippen molar-refractivity contribution < 1.29 is 9.59 Å². The Morgan fingerprint density at radius 1 is 1.26 bits per heavy atom. The van der Waals surface area contributed by atoms with Crippen molar-refractivity contribution in [3.63, 3.8) is 0 Å². The molecule has 1 fully saturated rings.